The molecule has 0 aliphatic heterocycles. The molecule has 118 valence electrons. The Balaban J connectivity index is 1.91. The van der Waals surface area contributed by atoms with Gasteiger partial charge in [0.2, 0.25) is 15.9 Å². The van der Waals surface area contributed by atoms with Crippen LogP contribution in [0.25, 0.3) is 0 Å². The van der Waals surface area contributed by atoms with Gasteiger partial charge in [0.1, 0.15) is 11.6 Å². The van der Waals surface area contributed by atoms with E-state index in [2.05, 4.69) is 10.0 Å². The van der Waals surface area contributed by atoms with Gasteiger partial charge < -0.3 is 9.73 Å². The lowest BCUT2D eigenvalue weighted by Gasteiger charge is -2.08. The lowest BCUT2D eigenvalue weighted by Crippen LogP contribution is -2.36. The third-order valence-corrected chi connectivity index (χ3v) is 4.32. The number of halogens is 1. The Hall–Kier alpha value is -2.19. The molecular weight excluding hydrogens is 311 g/mol. The molecule has 1 aromatic heterocycles. The van der Waals surface area contributed by atoms with E-state index < -0.39 is 28.3 Å². The van der Waals surface area contributed by atoms with Crippen molar-refractivity contribution in [3.63, 3.8) is 0 Å². The van der Waals surface area contributed by atoms with Crippen molar-refractivity contribution in [3.05, 3.63) is 53.7 Å². The second-order valence-electron chi connectivity index (χ2n) is 4.59. The van der Waals surface area contributed by atoms with Crippen LogP contribution in [-0.4, -0.2) is 20.9 Å². The summed E-state index contributed by atoms with van der Waals surface area (Å²) in [5, 5.41) is 2.50. The number of amides is 1. The van der Waals surface area contributed by atoms with Crippen LogP contribution >= 0.6 is 0 Å². The number of carbonyl (C=O) groups is 1. The minimum atomic E-state index is -3.94. The van der Waals surface area contributed by atoms with Crippen LogP contribution in [0.5, 0.6) is 0 Å². The molecule has 0 spiro atoms. The Morgan fingerprint density at radius 2 is 2.09 bits per heavy atom. The Morgan fingerprint density at radius 3 is 2.73 bits per heavy atom. The highest BCUT2D eigenvalue weighted by Gasteiger charge is 2.16. The van der Waals surface area contributed by atoms with Crippen molar-refractivity contribution in [3.8, 4) is 0 Å². The van der Waals surface area contributed by atoms with Crippen molar-refractivity contribution in [2.45, 2.75) is 18.4 Å². The number of furan rings is 1. The molecule has 22 heavy (non-hydrogen) atoms. The maximum Gasteiger partial charge on any atom is 0.241 e. The summed E-state index contributed by atoms with van der Waals surface area (Å²) < 4.78 is 44.5. The van der Waals surface area contributed by atoms with Gasteiger partial charge in [0.25, 0.3) is 0 Å². The largest absolute Gasteiger partial charge is 0.467 e. The Morgan fingerprint density at radius 1 is 1.32 bits per heavy atom. The summed E-state index contributed by atoms with van der Waals surface area (Å²) in [6, 6.07) is 6.91. The predicted molar refractivity (Wildman–Crippen MR) is 76.9 cm³/mol. The normalized spacial score (nSPS) is 11.4. The lowest BCUT2D eigenvalue weighted by molar-refractivity contribution is -0.120. The second-order valence-corrected chi connectivity index (χ2v) is 6.36. The van der Waals surface area contributed by atoms with Crippen LogP contribution in [0.1, 0.15) is 11.3 Å². The first-order valence-corrected chi connectivity index (χ1v) is 7.92. The molecule has 6 nitrogen and oxygen atoms in total. The van der Waals surface area contributed by atoms with Crippen molar-refractivity contribution in [1.29, 1.82) is 0 Å². The molecule has 2 N–H and O–H groups in total. The number of carbonyl (C=O) groups excluding carboxylic acids is 1. The summed E-state index contributed by atoms with van der Waals surface area (Å²) in [6.07, 6.45) is 1.47. The van der Waals surface area contributed by atoms with Crippen LogP contribution in [0.2, 0.25) is 0 Å². The van der Waals surface area contributed by atoms with Crippen molar-refractivity contribution in [1.82, 2.24) is 10.0 Å². The summed E-state index contributed by atoms with van der Waals surface area (Å²) >= 11 is 0. The van der Waals surface area contributed by atoms with Gasteiger partial charge in [-0.15, -0.1) is 0 Å². The van der Waals surface area contributed by atoms with E-state index in [1.54, 1.807) is 12.1 Å². The number of hydrogen-bond acceptors (Lipinski definition) is 4. The van der Waals surface area contributed by atoms with Crippen molar-refractivity contribution in [2.75, 3.05) is 6.54 Å². The molecule has 1 amide bonds. The van der Waals surface area contributed by atoms with Crippen LogP contribution in [0.15, 0.2) is 45.9 Å². The summed E-state index contributed by atoms with van der Waals surface area (Å²) in [5.74, 6) is -0.588. The monoisotopic (exact) mass is 326 g/mol. The molecular formula is C14H15FN2O4S. The third kappa shape index (κ3) is 4.15. The fraction of sp³-hybridized carbons (Fsp3) is 0.214. The van der Waals surface area contributed by atoms with Crippen molar-refractivity contribution < 1.29 is 22.0 Å². The Kier molecular flexibility index (Phi) is 4.94. The van der Waals surface area contributed by atoms with Crippen LogP contribution < -0.4 is 10.0 Å². The zero-order chi connectivity index (χ0) is 16.2. The summed E-state index contributed by atoms with van der Waals surface area (Å²) in [7, 11) is -3.94. The molecule has 2 aromatic rings. The van der Waals surface area contributed by atoms with E-state index in [1.807, 2.05) is 0 Å². The lowest BCUT2D eigenvalue weighted by atomic mass is 10.2. The molecule has 0 radical (unpaired) electrons. The Labute approximate surface area is 127 Å². The maximum absolute atomic E-state index is 13.4. The molecule has 0 fully saturated rings. The fourth-order valence-corrected chi connectivity index (χ4v) is 2.64. The zero-order valence-electron chi connectivity index (χ0n) is 11.8. The average molecular weight is 326 g/mol. The van der Waals surface area contributed by atoms with E-state index >= 15 is 0 Å². The summed E-state index contributed by atoms with van der Waals surface area (Å²) in [4.78, 5) is 11.4. The molecule has 0 atom stereocenters. The van der Waals surface area contributed by atoms with Crippen molar-refractivity contribution >= 4 is 15.9 Å². The molecule has 0 aliphatic rings. The SMILES string of the molecule is Cc1ccc(S(=O)(=O)NCC(=O)NCc2ccco2)cc1F. The number of sulfonamides is 1. The van der Waals surface area contributed by atoms with Gasteiger partial charge >= 0.3 is 0 Å². The van der Waals surface area contributed by atoms with E-state index in [-0.39, 0.29) is 11.4 Å². The van der Waals surface area contributed by atoms with Gasteiger partial charge in [-0.25, -0.2) is 17.5 Å². The molecule has 2 rings (SSSR count). The minimum absolute atomic E-state index is 0.159. The molecule has 0 unspecified atom stereocenters. The highest BCUT2D eigenvalue weighted by Crippen LogP contribution is 2.13. The standard InChI is InChI=1S/C14H15FN2O4S/c1-10-4-5-12(7-13(10)15)22(19,20)17-9-14(18)16-8-11-3-2-6-21-11/h2-7,17H,8-9H2,1H3,(H,16,18). The predicted octanol–water partition coefficient (Wildman–Crippen LogP) is 1.32. The molecule has 0 aliphatic carbocycles. The number of rotatable bonds is 6. The van der Waals surface area contributed by atoms with E-state index in [4.69, 9.17) is 4.42 Å². The minimum Gasteiger partial charge on any atom is -0.467 e. The second kappa shape index (κ2) is 6.71. The zero-order valence-corrected chi connectivity index (χ0v) is 12.6. The summed E-state index contributed by atoms with van der Waals surface area (Å²) in [6.45, 7) is 1.24. The number of benzene rings is 1. The molecule has 1 heterocycles. The first kappa shape index (κ1) is 16.2. The number of aryl methyl sites for hydroxylation is 1. The fourth-order valence-electron chi connectivity index (χ4n) is 1.65. The van der Waals surface area contributed by atoms with Crippen molar-refractivity contribution in [2.24, 2.45) is 0 Å². The van der Waals surface area contributed by atoms with Crippen LogP contribution in [0.4, 0.5) is 4.39 Å². The number of hydrogen-bond donors (Lipinski definition) is 2. The van der Waals surface area contributed by atoms with E-state index in [9.17, 15) is 17.6 Å². The molecule has 0 bridgehead atoms. The molecule has 0 saturated carbocycles. The van der Waals surface area contributed by atoms with Crippen LogP contribution in [0, 0.1) is 12.7 Å². The van der Waals surface area contributed by atoms with Crippen LogP contribution in [0.3, 0.4) is 0 Å². The van der Waals surface area contributed by atoms with E-state index in [1.165, 1.54) is 25.3 Å². The Bertz CT molecular complexity index is 757. The van der Waals surface area contributed by atoms with Crippen LogP contribution in [-0.2, 0) is 21.4 Å². The first-order chi connectivity index (χ1) is 10.4. The smallest absolute Gasteiger partial charge is 0.241 e. The van der Waals surface area contributed by atoms with E-state index in [0.717, 1.165) is 6.07 Å². The highest BCUT2D eigenvalue weighted by molar-refractivity contribution is 7.89. The van der Waals surface area contributed by atoms with Gasteiger partial charge in [0, 0.05) is 0 Å². The van der Waals surface area contributed by atoms with Gasteiger partial charge in [-0.1, -0.05) is 6.07 Å². The van der Waals surface area contributed by atoms with Gasteiger partial charge in [0.15, 0.2) is 0 Å². The molecule has 1 aromatic carbocycles. The molecule has 8 heteroatoms. The van der Waals surface area contributed by atoms with Gasteiger partial charge in [-0.3, -0.25) is 4.79 Å². The first-order valence-electron chi connectivity index (χ1n) is 6.43. The highest BCUT2D eigenvalue weighted by atomic mass is 32.2. The summed E-state index contributed by atoms with van der Waals surface area (Å²) in [5.41, 5.74) is 0.343. The topological polar surface area (TPSA) is 88.4 Å². The quantitative estimate of drug-likeness (QED) is 0.838. The maximum atomic E-state index is 13.4. The van der Waals surface area contributed by atoms with E-state index in [0.29, 0.717) is 11.3 Å². The average Bonchev–Trinajstić information content (AvgIpc) is 2.99. The molecule has 0 saturated heterocycles. The van der Waals surface area contributed by atoms with Gasteiger partial charge in [-0.05, 0) is 36.8 Å². The van der Waals surface area contributed by atoms with Gasteiger partial charge in [-0.2, -0.15) is 0 Å². The third-order valence-electron chi connectivity index (χ3n) is 2.92. The van der Waals surface area contributed by atoms with Gasteiger partial charge in [0.05, 0.1) is 24.2 Å². The number of nitrogens with one attached hydrogen (secondary N) is 2.